The summed E-state index contributed by atoms with van der Waals surface area (Å²) in [5, 5.41) is 2.96. The van der Waals surface area contributed by atoms with Gasteiger partial charge in [-0.1, -0.05) is 6.07 Å². The molecule has 1 amide bonds. The molecule has 2 aromatic rings. The molecule has 180 valence electrons. The normalized spacial score (nSPS) is 15.3. The molecule has 1 fully saturated rings. The number of hydrogen-bond donors (Lipinski definition) is 1. The summed E-state index contributed by atoms with van der Waals surface area (Å²) in [7, 11) is -0.476. The Kier molecular flexibility index (Phi) is 8.20. The van der Waals surface area contributed by atoms with Crippen LogP contribution in [0.2, 0.25) is 0 Å². The van der Waals surface area contributed by atoms with E-state index in [1.165, 1.54) is 11.4 Å². The van der Waals surface area contributed by atoms with Crippen molar-refractivity contribution >= 4 is 15.9 Å². The van der Waals surface area contributed by atoms with Crippen molar-refractivity contribution in [3.8, 4) is 17.2 Å². The van der Waals surface area contributed by atoms with Crippen molar-refractivity contribution in [2.75, 3.05) is 27.3 Å². The highest BCUT2D eigenvalue weighted by Gasteiger charge is 2.32. The lowest BCUT2D eigenvalue weighted by molar-refractivity contribution is -0.126. The molecule has 0 radical (unpaired) electrons. The average molecular weight is 477 g/mol. The van der Waals surface area contributed by atoms with Gasteiger partial charge in [-0.3, -0.25) is 4.79 Å². The molecular weight excluding hydrogens is 444 g/mol. The van der Waals surface area contributed by atoms with Crippen molar-refractivity contribution < 1.29 is 27.4 Å². The average Bonchev–Trinajstić information content (AvgIpc) is 2.83. The van der Waals surface area contributed by atoms with Crippen molar-refractivity contribution in [1.29, 1.82) is 0 Å². The van der Waals surface area contributed by atoms with Gasteiger partial charge < -0.3 is 19.5 Å². The van der Waals surface area contributed by atoms with E-state index in [1.807, 2.05) is 32.0 Å². The highest BCUT2D eigenvalue weighted by atomic mass is 32.2. The second kappa shape index (κ2) is 10.9. The number of nitrogens with zero attached hydrogens (tertiary/aromatic N) is 1. The third kappa shape index (κ3) is 6.17. The van der Waals surface area contributed by atoms with E-state index >= 15 is 0 Å². The first-order valence-corrected chi connectivity index (χ1v) is 12.4. The summed E-state index contributed by atoms with van der Waals surface area (Å²) in [4.78, 5) is 12.9. The maximum atomic E-state index is 12.9. The fraction of sp³-hybridized carbons (Fsp3) is 0.458. The Morgan fingerprint density at radius 3 is 2.27 bits per heavy atom. The van der Waals surface area contributed by atoms with Crippen LogP contribution >= 0.6 is 0 Å². The first kappa shape index (κ1) is 24.9. The molecule has 1 aliphatic heterocycles. The van der Waals surface area contributed by atoms with Gasteiger partial charge in [0.2, 0.25) is 15.9 Å². The maximum Gasteiger partial charge on any atom is 0.243 e. The van der Waals surface area contributed by atoms with Gasteiger partial charge in [0.15, 0.2) is 11.5 Å². The van der Waals surface area contributed by atoms with Crippen LogP contribution in [-0.4, -0.2) is 52.0 Å². The predicted octanol–water partition coefficient (Wildman–Crippen LogP) is 3.21. The molecule has 9 heteroatoms. The minimum absolute atomic E-state index is 0.0313. The van der Waals surface area contributed by atoms with Gasteiger partial charge in [0.25, 0.3) is 0 Å². The summed E-state index contributed by atoms with van der Waals surface area (Å²) in [5.74, 6) is 1.58. The largest absolute Gasteiger partial charge is 0.497 e. The number of hydrogen-bond acceptors (Lipinski definition) is 6. The Bertz CT molecular complexity index is 1050. The van der Waals surface area contributed by atoms with Gasteiger partial charge in [0.1, 0.15) is 5.75 Å². The summed E-state index contributed by atoms with van der Waals surface area (Å²) in [6.45, 7) is 4.87. The van der Waals surface area contributed by atoms with Gasteiger partial charge >= 0.3 is 0 Å². The van der Waals surface area contributed by atoms with Crippen molar-refractivity contribution in [2.45, 2.75) is 44.2 Å². The second-order valence-electron chi connectivity index (χ2n) is 8.22. The lowest BCUT2D eigenvalue weighted by atomic mass is 9.97. The zero-order valence-corrected chi connectivity index (χ0v) is 20.4. The zero-order chi connectivity index (χ0) is 24.0. The van der Waals surface area contributed by atoms with Crippen LogP contribution in [-0.2, 0) is 21.4 Å². The summed E-state index contributed by atoms with van der Waals surface area (Å²) in [6, 6.07) is 11.9. The second-order valence-corrected chi connectivity index (χ2v) is 10.2. The molecule has 1 aliphatic rings. The number of rotatable bonds is 9. The minimum atomic E-state index is -3.59. The minimum Gasteiger partial charge on any atom is -0.497 e. The van der Waals surface area contributed by atoms with Crippen molar-refractivity contribution in [1.82, 2.24) is 9.62 Å². The Morgan fingerprint density at radius 2 is 1.70 bits per heavy atom. The van der Waals surface area contributed by atoms with Crippen LogP contribution in [0.1, 0.15) is 32.3 Å². The smallest absolute Gasteiger partial charge is 0.243 e. The lowest BCUT2D eigenvalue weighted by Gasteiger charge is -2.30. The van der Waals surface area contributed by atoms with Crippen LogP contribution in [0, 0.1) is 5.92 Å². The molecule has 0 atom stereocenters. The molecule has 8 nitrogen and oxygen atoms in total. The number of nitrogens with one attached hydrogen (secondary N) is 1. The zero-order valence-electron chi connectivity index (χ0n) is 19.5. The molecule has 33 heavy (non-hydrogen) atoms. The number of benzene rings is 2. The Hall–Kier alpha value is -2.78. The molecule has 0 aromatic heterocycles. The van der Waals surface area contributed by atoms with E-state index in [0.29, 0.717) is 49.7 Å². The first-order valence-electron chi connectivity index (χ1n) is 11.0. The fourth-order valence-corrected chi connectivity index (χ4v) is 5.23. The molecule has 0 unspecified atom stereocenters. The summed E-state index contributed by atoms with van der Waals surface area (Å²) in [6.07, 6.45) is 0.987. The molecule has 0 bridgehead atoms. The van der Waals surface area contributed by atoms with Gasteiger partial charge in [0.05, 0.1) is 25.2 Å². The third-order valence-corrected chi connectivity index (χ3v) is 7.49. The van der Waals surface area contributed by atoms with Gasteiger partial charge in [-0.25, -0.2) is 8.42 Å². The van der Waals surface area contributed by atoms with Gasteiger partial charge in [-0.05, 0) is 68.7 Å². The SMILES string of the molecule is COc1ccc(S(=O)(=O)N2CCC(C(=O)NCc3ccc(OC(C)C)c(OC)c3)CC2)cc1. The van der Waals surface area contributed by atoms with E-state index < -0.39 is 10.0 Å². The van der Waals surface area contributed by atoms with Gasteiger partial charge in [0, 0.05) is 25.6 Å². The number of amides is 1. The predicted molar refractivity (Wildman–Crippen MR) is 125 cm³/mol. The van der Waals surface area contributed by atoms with E-state index in [0.717, 1.165) is 5.56 Å². The molecule has 0 aliphatic carbocycles. The van der Waals surface area contributed by atoms with Crippen molar-refractivity contribution in [3.05, 3.63) is 48.0 Å². The molecule has 1 heterocycles. The molecule has 2 aromatic carbocycles. The van der Waals surface area contributed by atoms with Gasteiger partial charge in [-0.15, -0.1) is 0 Å². The molecular formula is C24H32N2O6S. The molecule has 0 spiro atoms. The van der Waals surface area contributed by atoms with Crippen molar-refractivity contribution in [3.63, 3.8) is 0 Å². The monoisotopic (exact) mass is 476 g/mol. The summed E-state index contributed by atoms with van der Waals surface area (Å²) in [5.41, 5.74) is 0.899. The van der Waals surface area contributed by atoms with E-state index in [4.69, 9.17) is 14.2 Å². The van der Waals surface area contributed by atoms with E-state index in [1.54, 1.807) is 31.4 Å². The van der Waals surface area contributed by atoms with Gasteiger partial charge in [-0.2, -0.15) is 4.31 Å². The fourth-order valence-electron chi connectivity index (χ4n) is 3.76. The highest BCUT2D eigenvalue weighted by molar-refractivity contribution is 7.89. The summed E-state index contributed by atoms with van der Waals surface area (Å²) < 4.78 is 43.4. The lowest BCUT2D eigenvalue weighted by Crippen LogP contribution is -2.42. The molecule has 0 saturated carbocycles. The standard InChI is InChI=1S/C24H32N2O6S/c1-17(2)32-22-10-5-18(15-23(22)31-4)16-25-24(27)19-11-13-26(14-12-19)33(28,29)21-8-6-20(30-3)7-9-21/h5-10,15,17,19H,11-14,16H2,1-4H3,(H,25,27). The number of piperidine rings is 1. The first-order chi connectivity index (χ1) is 15.7. The molecule has 3 rings (SSSR count). The topological polar surface area (TPSA) is 94.2 Å². The Labute approximate surface area is 195 Å². The number of sulfonamides is 1. The molecule has 1 saturated heterocycles. The number of methoxy groups -OCH3 is 2. The van der Waals surface area contributed by atoms with Crippen LogP contribution < -0.4 is 19.5 Å². The van der Waals surface area contributed by atoms with E-state index in [2.05, 4.69) is 5.32 Å². The van der Waals surface area contributed by atoms with E-state index in [9.17, 15) is 13.2 Å². The Morgan fingerprint density at radius 1 is 1.03 bits per heavy atom. The third-order valence-electron chi connectivity index (χ3n) is 5.58. The number of carbonyl (C=O) groups is 1. The Balaban J connectivity index is 1.54. The van der Waals surface area contributed by atoms with Crippen LogP contribution in [0.25, 0.3) is 0 Å². The quantitative estimate of drug-likeness (QED) is 0.597. The molecule has 1 N–H and O–H groups in total. The van der Waals surface area contributed by atoms with Crippen LogP contribution in [0.3, 0.4) is 0 Å². The number of ether oxygens (including phenoxy) is 3. The van der Waals surface area contributed by atoms with Crippen LogP contribution in [0.4, 0.5) is 0 Å². The van der Waals surface area contributed by atoms with E-state index in [-0.39, 0.29) is 22.8 Å². The number of carbonyl (C=O) groups excluding carboxylic acids is 1. The highest BCUT2D eigenvalue weighted by Crippen LogP contribution is 2.29. The van der Waals surface area contributed by atoms with Crippen LogP contribution in [0.15, 0.2) is 47.4 Å². The maximum absolute atomic E-state index is 12.9. The van der Waals surface area contributed by atoms with Crippen molar-refractivity contribution in [2.24, 2.45) is 5.92 Å². The summed E-state index contributed by atoms with van der Waals surface area (Å²) >= 11 is 0. The van der Waals surface area contributed by atoms with Crippen LogP contribution in [0.5, 0.6) is 17.2 Å².